The second-order valence-electron chi connectivity index (χ2n) is 7.90. The lowest BCUT2D eigenvalue weighted by Crippen LogP contribution is -2.37. The Labute approximate surface area is 197 Å². The molecule has 35 heavy (non-hydrogen) atoms. The van der Waals surface area contributed by atoms with Gasteiger partial charge in [-0.15, -0.1) is 0 Å². The largest absolute Gasteiger partial charge is 0.416 e. The number of ether oxygens (including phenoxy) is 2. The predicted molar refractivity (Wildman–Crippen MR) is 115 cm³/mol. The van der Waals surface area contributed by atoms with Crippen LogP contribution >= 0.6 is 0 Å². The van der Waals surface area contributed by atoms with Crippen molar-refractivity contribution in [2.75, 3.05) is 13.2 Å². The van der Waals surface area contributed by atoms with Crippen molar-refractivity contribution in [3.63, 3.8) is 0 Å². The summed E-state index contributed by atoms with van der Waals surface area (Å²) >= 11 is 0. The van der Waals surface area contributed by atoms with Gasteiger partial charge in [0.15, 0.2) is 6.29 Å². The summed E-state index contributed by atoms with van der Waals surface area (Å²) in [4.78, 5) is 2.65. The van der Waals surface area contributed by atoms with Gasteiger partial charge in [0.1, 0.15) is 0 Å². The molecule has 0 spiro atoms. The highest BCUT2D eigenvalue weighted by atomic mass is 19.4. The van der Waals surface area contributed by atoms with Crippen molar-refractivity contribution >= 4 is 0 Å². The van der Waals surface area contributed by atoms with Gasteiger partial charge in [0.05, 0.1) is 30.4 Å². The Morgan fingerprint density at radius 2 is 1.71 bits per heavy atom. The molecule has 4 atom stereocenters. The standard InChI is InChI=1S/C24H21F6N3O2/c1-15(18-12-19(23(25,26)27)14-20(13-18)24(28,29)30)35-22-21(16-6-3-2-4-7-16)17(9-11-34-22)8-5-10-32-33-31/h2-4,6-7,12-15,17,21-22H,9-11H2,1H3. The Kier molecular flexibility index (Phi) is 8.33. The van der Waals surface area contributed by atoms with Crippen LogP contribution in [-0.4, -0.2) is 19.4 Å². The van der Waals surface area contributed by atoms with Crippen LogP contribution in [0.25, 0.3) is 10.4 Å². The molecule has 3 rings (SSSR count). The summed E-state index contributed by atoms with van der Waals surface area (Å²) < 4.78 is 91.4. The first-order valence-corrected chi connectivity index (χ1v) is 10.6. The van der Waals surface area contributed by atoms with Gasteiger partial charge in [0, 0.05) is 16.7 Å². The molecule has 0 aliphatic carbocycles. The van der Waals surface area contributed by atoms with Gasteiger partial charge in [-0.25, -0.2) is 0 Å². The number of hydrogen-bond donors (Lipinski definition) is 0. The van der Waals surface area contributed by atoms with E-state index in [0.717, 1.165) is 5.56 Å². The summed E-state index contributed by atoms with van der Waals surface area (Å²) in [6, 6.07) is 10.4. The van der Waals surface area contributed by atoms with E-state index in [0.29, 0.717) is 18.6 Å². The highest BCUT2D eigenvalue weighted by molar-refractivity contribution is 5.35. The van der Waals surface area contributed by atoms with Crippen molar-refractivity contribution in [3.05, 3.63) is 81.2 Å². The molecule has 1 aliphatic rings. The van der Waals surface area contributed by atoms with Crippen molar-refractivity contribution in [1.29, 1.82) is 0 Å². The molecule has 0 aromatic heterocycles. The first kappa shape index (κ1) is 26.4. The molecule has 2 aromatic carbocycles. The average molecular weight is 497 g/mol. The first-order valence-electron chi connectivity index (χ1n) is 10.6. The van der Waals surface area contributed by atoms with E-state index in [1.165, 1.54) is 6.92 Å². The molecule has 5 nitrogen and oxygen atoms in total. The number of azide groups is 1. The number of nitrogens with zero attached hydrogens (tertiary/aromatic N) is 3. The smallest absolute Gasteiger partial charge is 0.352 e. The van der Waals surface area contributed by atoms with Crippen LogP contribution in [0.15, 0.2) is 53.6 Å². The topological polar surface area (TPSA) is 67.2 Å². The molecule has 2 aromatic rings. The van der Waals surface area contributed by atoms with E-state index in [1.807, 2.05) is 12.1 Å². The molecule has 0 amide bonds. The molecule has 0 radical (unpaired) electrons. The summed E-state index contributed by atoms with van der Waals surface area (Å²) in [5.41, 5.74) is 6.11. The average Bonchev–Trinajstić information content (AvgIpc) is 2.81. The quantitative estimate of drug-likeness (QED) is 0.143. The Bertz CT molecular complexity index is 1090. The third-order valence-electron chi connectivity index (χ3n) is 5.54. The highest BCUT2D eigenvalue weighted by Crippen LogP contribution is 2.41. The number of halogens is 6. The van der Waals surface area contributed by atoms with Crippen molar-refractivity contribution in [2.24, 2.45) is 11.0 Å². The third kappa shape index (κ3) is 6.92. The van der Waals surface area contributed by atoms with Crippen molar-refractivity contribution in [3.8, 4) is 11.8 Å². The fraction of sp³-hybridized carbons (Fsp3) is 0.417. The van der Waals surface area contributed by atoms with Crippen LogP contribution < -0.4 is 0 Å². The highest BCUT2D eigenvalue weighted by Gasteiger charge is 2.39. The minimum Gasteiger partial charge on any atom is -0.352 e. The molecular formula is C24H21F6N3O2. The summed E-state index contributed by atoms with van der Waals surface area (Å²) in [5, 5.41) is 3.38. The summed E-state index contributed by atoms with van der Waals surface area (Å²) in [6.45, 7) is 1.55. The second-order valence-corrected chi connectivity index (χ2v) is 7.90. The van der Waals surface area contributed by atoms with E-state index in [1.54, 1.807) is 18.2 Å². The molecule has 4 unspecified atom stereocenters. The fourth-order valence-corrected chi connectivity index (χ4v) is 3.87. The molecule has 186 valence electrons. The Hall–Kier alpha value is -3.19. The van der Waals surface area contributed by atoms with Gasteiger partial charge in [0.25, 0.3) is 0 Å². The lowest BCUT2D eigenvalue weighted by molar-refractivity contribution is -0.204. The van der Waals surface area contributed by atoms with Crippen LogP contribution in [0.3, 0.4) is 0 Å². The number of rotatable bonds is 5. The van der Waals surface area contributed by atoms with Gasteiger partial charge in [-0.2, -0.15) is 26.3 Å². The summed E-state index contributed by atoms with van der Waals surface area (Å²) in [6.07, 6.45) is -11.5. The van der Waals surface area contributed by atoms with Gasteiger partial charge in [-0.1, -0.05) is 47.3 Å². The molecule has 11 heteroatoms. The maximum atomic E-state index is 13.3. The van der Waals surface area contributed by atoms with E-state index < -0.39 is 41.8 Å². The zero-order chi connectivity index (χ0) is 25.6. The van der Waals surface area contributed by atoms with Crippen LogP contribution in [0.4, 0.5) is 26.3 Å². The SMILES string of the molecule is CC(OC1OCCC(C#CCN=[N+]=[N-])C1c1ccccc1)c1cc(C(F)(F)F)cc(C(F)(F)F)c1. The van der Waals surface area contributed by atoms with E-state index in [2.05, 4.69) is 21.9 Å². The van der Waals surface area contributed by atoms with Gasteiger partial charge < -0.3 is 9.47 Å². The zero-order valence-electron chi connectivity index (χ0n) is 18.5. The normalized spacial score (nSPS) is 21.4. The Balaban J connectivity index is 1.94. The monoisotopic (exact) mass is 497 g/mol. The third-order valence-corrected chi connectivity index (χ3v) is 5.54. The maximum Gasteiger partial charge on any atom is 0.416 e. The van der Waals surface area contributed by atoms with Gasteiger partial charge in [-0.05, 0) is 48.2 Å². The van der Waals surface area contributed by atoms with Crippen LogP contribution in [0.5, 0.6) is 0 Å². The van der Waals surface area contributed by atoms with Gasteiger partial charge in [0.2, 0.25) is 0 Å². The van der Waals surface area contributed by atoms with Crippen LogP contribution in [-0.2, 0) is 21.8 Å². The molecule has 0 bridgehead atoms. The van der Waals surface area contributed by atoms with E-state index in [-0.39, 0.29) is 30.7 Å². The molecule has 1 saturated heterocycles. The van der Waals surface area contributed by atoms with Crippen molar-refractivity contribution in [1.82, 2.24) is 0 Å². The molecule has 1 fully saturated rings. The van der Waals surface area contributed by atoms with Gasteiger partial charge in [-0.3, -0.25) is 0 Å². The van der Waals surface area contributed by atoms with Crippen molar-refractivity contribution < 1.29 is 35.8 Å². The summed E-state index contributed by atoms with van der Waals surface area (Å²) in [5.74, 6) is 5.04. The van der Waals surface area contributed by atoms with E-state index in [4.69, 9.17) is 15.0 Å². The van der Waals surface area contributed by atoms with Crippen molar-refractivity contribution in [2.45, 2.75) is 44.0 Å². The number of alkyl halides is 6. The second kappa shape index (κ2) is 11.0. The first-order chi connectivity index (χ1) is 16.5. The lowest BCUT2D eigenvalue weighted by atomic mass is 9.82. The fourth-order valence-electron chi connectivity index (χ4n) is 3.87. The minimum absolute atomic E-state index is 0.0399. The van der Waals surface area contributed by atoms with Crippen LogP contribution in [0, 0.1) is 17.8 Å². The van der Waals surface area contributed by atoms with E-state index in [9.17, 15) is 26.3 Å². The molecule has 0 N–H and O–H groups in total. The molecule has 1 aliphatic heterocycles. The van der Waals surface area contributed by atoms with E-state index >= 15 is 0 Å². The molecular weight excluding hydrogens is 476 g/mol. The minimum atomic E-state index is -4.96. The number of benzene rings is 2. The number of hydrogen-bond acceptors (Lipinski definition) is 3. The summed E-state index contributed by atoms with van der Waals surface area (Å²) in [7, 11) is 0. The Morgan fingerprint density at radius 1 is 1.09 bits per heavy atom. The molecule has 0 saturated carbocycles. The van der Waals surface area contributed by atoms with Gasteiger partial charge >= 0.3 is 12.4 Å². The predicted octanol–water partition coefficient (Wildman–Crippen LogP) is 7.26. The Morgan fingerprint density at radius 3 is 2.29 bits per heavy atom. The van der Waals surface area contributed by atoms with Crippen LogP contribution in [0.1, 0.15) is 47.6 Å². The van der Waals surface area contributed by atoms with Crippen LogP contribution in [0.2, 0.25) is 0 Å². The lowest BCUT2D eigenvalue weighted by Gasteiger charge is -2.37. The zero-order valence-corrected chi connectivity index (χ0v) is 18.5. The maximum absolute atomic E-state index is 13.3. The molecule has 1 heterocycles.